The van der Waals surface area contributed by atoms with Crippen LogP contribution in [0.25, 0.3) is 0 Å². The van der Waals surface area contributed by atoms with Gasteiger partial charge in [-0.1, -0.05) is 150 Å². The zero-order valence-corrected chi connectivity index (χ0v) is 38.6. The van der Waals surface area contributed by atoms with Crippen molar-refractivity contribution in [2.24, 2.45) is 0 Å². The van der Waals surface area contributed by atoms with Crippen molar-refractivity contribution in [1.29, 1.82) is 0 Å². The molecule has 8 heteroatoms. The molecule has 0 saturated heterocycles. The summed E-state index contributed by atoms with van der Waals surface area (Å²) in [6.45, 7) is 4.52. The fourth-order valence-corrected chi connectivity index (χ4v) is 6.13. The van der Waals surface area contributed by atoms with Crippen LogP contribution in [0.15, 0.2) is 97.2 Å². The highest BCUT2D eigenvalue weighted by atomic mass is 16.6. The van der Waals surface area contributed by atoms with Crippen molar-refractivity contribution in [2.45, 2.75) is 174 Å². The maximum absolute atomic E-state index is 12.7. The van der Waals surface area contributed by atoms with Crippen LogP contribution in [0.5, 0.6) is 0 Å². The zero-order valence-electron chi connectivity index (χ0n) is 38.6. The summed E-state index contributed by atoms with van der Waals surface area (Å²) in [6.07, 6.45) is 56.1. The van der Waals surface area contributed by atoms with Gasteiger partial charge in [0, 0.05) is 19.3 Å². The summed E-state index contributed by atoms with van der Waals surface area (Å²) in [5.41, 5.74) is 0. The van der Waals surface area contributed by atoms with Crippen molar-refractivity contribution in [3.8, 4) is 0 Å². The number of ether oxygens (including phenoxy) is 3. The van der Waals surface area contributed by atoms with Crippen molar-refractivity contribution < 1.29 is 38.2 Å². The van der Waals surface area contributed by atoms with E-state index in [0.29, 0.717) is 19.3 Å². The van der Waals surface area contributed by atoms with Gasteiger partial charge in [0.05, 0.1) is 34.4 Å². The Morgan fingerprint density at radius 3 is 1.45 bits per heavy atom. The van der Waals surface area contributed by atoms with Gasteiger partial charge in [0.2, 0.25) is 0 Å². The fourth-order valence-electron chi connectivity index (χ4n) is 6.13. The molecule has 0 saturated carbocycles. The van der Waals surface area contributed by atoms with Gasteiger partial charge in [0.15, 0.2) is 12.1 Å². The lowest BCUT2D eigenvalue weighted by atomic mass is 10.1. The van der Waals surface area contributed by atoms with Crippen molar-refractivity contribution in [1.82, 2.24) is 0 Å². The Labute approximate surface area is 366 Å². The highest BCUT2D eigenvalue weighted by Crippen LogP contribution is 2.12. The first kappa shape index (κ1) is 56.2. The second-order valence-electron chi connectivity index (χ2n) is 16.3. The largest absolute Gasteiger partial charge is 0.477 e. The van der Waals surface area contributed by atoms with Crippen LogP contribution < -0.4 is 0 Å². The third-order valence-electron chi connectivity index (χ3n) is 9.72. The first-order valence-corrected chi connectivity index (χ1v) is 23.3. The molecule has 0 spiro atoms. The van der Waals surface area contributed by atoms with Gasteiger partial charge in [0.25, 0.3) is 0 Å². The van der Waals surface area contributed by atoms with Crippen LogP contribution in [0.1, 0.15) is 162 Å². The van der Waals surface area contributed by atoms with Gasteiger partial charge in [-0.3, -0.25) is 9.59 Å². The van der Waals surface area contributed by atoms with Gasteiger partial charge in [0.1, 0.15) is 6.61 Å². The first-order chi connectivity index (χ1) is 29.1. The van der Waals surface area contributed by atoms with Crippen molar-refractivity contribution in [2.75, 3.05) is 41.0 Å². The average Bonchev–Trinajstić information content (AvgIpc) is 3.21. The minimum Gasteiger partial charge on any atom is -0.477 e. The van der Waals surface area contributed by atoms with Crippen LogP contribution >= 0.6 is 0 Å². The number of rotatable bonds is 40. The summed E-state index contributed by atoms with van der Waals surface area (Å²) in [4.78, 5) is 37.0. The monoisotopic (exact) mass is 837 g/mol. The lowest BCUT2D eigenvalue weighted by molar-refractivity contribution is -0.887. The molecule has 0 aliphatic carbocycles. The fraction of sp³-hybridized carbons (Fsp3) is 0.635. The van der Waals surface area contributed by atoms with Gasteiger partial charge < -0.3 is 23.8 Å². The van der Waals surface area contributed by atoms with Crippen LogP contribution in [0, 0.1) is 0 Å². The zero-order chi connectivity index (χ0) is 44.2. The van der Waals surface area contributed by atoms with Crippen molar-refractivity contribution >= 4 is 17.9 Å². The first-order valence-electron chi connectivity index (χ1n) is 23.3. The molecule has 0 aliphatic heterocycles. The molecule has 1 N–H and O–H groups in total. The number of likely N-dealkylation sites (N-methyl/N-ethyl adjacent to an activating group) is 1. The van der Waals surface area contributed by atoms with Gasteiger partial charge >= 0.3 is 17.9 Å². The lowest BCUT2D eigenvalue weighted by Gasteiger charge is -2.31. The maximum atomic E-state index is 12.7. The summed E-state index contributed by atoms with van der Waals surface area (Å²) < 4.78 is 17.2. The summed E-state index contributed by atoms with van der Waals surface area (Å²) >= 11 is 0. The highest BCUT2D eigenvalue weighted by molar-refractivity contribution is 5.72. The van der Waals surface area contributed by atoms with E-state index in [9.17, 15) is 19.5 Å². The number of aliphatic carboxylic acids is 1. The van der Waals surface area contributed by atoms with Crippen LogP contribution in [-0.4, -0.2) is 80.6 Å². The SMILES string of the molecule is CC/C=C/C/C=C/C/C=C/C/C=C/C/C=C/C/C=C/C/C=C/CCCC(=O)OC(COCCC(C(=O)O)[N+](C)(C)C)COC(=O)CCCCC/C=C/CCCCCCCC. The predicted octanol–water partition coefficient (Wildman–Crippen LogP) is 13.1. The van der Waals surface area contributed by atoms with E-state index in [1.54, 1.807) is 0 Å². The van der Waals surface area contributed by atoms with Crippen molar-refractivity contribution in [3.63, 3.8) is 0 Å². The van der Waals surface area contributed by atoms with Crippen LogP contribution in [0.2, 0.25) is 0 Å². The minimum absolute atomic E-state index is 0.0272. The molecule has 0 aromatic rings. The number of carboxylic acids is 1. The third-order valence-corrected chi connectivity index (χ3v) is 9.72. The summed E-state index contributed by atoms with van der Waals surface area (Å²) in [6, 6.07) is -0.632. The summed E-state index contributed by atoms with van der Waals surface area (Å²) in [7, 11) is 5.49. The number of esters is 2. The number of nitrogens with zero attached hydrogens (tertiary/aromatic N) is 1. The van der Waals surface area contributed by atoms with E-state index in [1.807, 2.05) is 21.1 Å². The van der Waals surface area contributed by atoms with E-state index in [2.05, 4.69) is 111 Å². The predicted molar refractivity (Wildman–Crippen MR) is 252 cm³/mol. The normalized spacial score (nSPS) is 13.8. The molecule has 0 aromatic heterocycles. The molecule has 2 unspecified atom stereocenters. The summed E-state index contributed by atoms with van der Waals surface area (Å²) in [5, 5.41) is 9.63. The number of carbonyl (C=O) groups excluding carboxylic acids is 2. The molecule has 0 heterocycles. The Balaban J connectivity index is 4.46. The van der Waals surface area contributed by atoms with E-state index in [1.165, 1.54) is 38.5 Å². The molecule has 0 amide bonds. The van der Waals surface area contributed by atoms with E-state index in [4.69, 9.17) is 14.2 Å². The molecule has 340 valence electrons. The molecule has 0 rings (SSSR count). The molecule has 0 aliphatic rings. The second-order valence-corrected chi connectivity index (χ2v) is 16.3. The number of unbranched alkanes of at least 4 members (excludes halogenated alkanes) is 10. The van der Waals surface area contributed by atoms with E-state index < -0.39 is 18.1 Å². The Morgan fingerprint density at radius 1 is 0.517 bits per heavy atom. The number of allylic oxidation sites excluding steroid dienone is 16. The lowest BCUT2D eigenvalue weighted by Crippen LogP contribution is -2.50. The van der Waals surface area contributed by atoms with Crippen LogP contribution in [0.3, 0.4) is 0 Å². The molecule has 8 nitrogen and oxygen atoms in total. The Bertz CT molecular complexity index is 1300. The molecular formula is C52H86NO7+. The van der Waals surface area contributed by atoms with Gasteiger partial charge in [-0.2, -0.15) is 0 Å². The van der Waals surface area contributed by atoms with Gasteiger partial charge in [-0.05, 0) is 89.9 Å². The molecule has 2 atom stereocenters. The van der Waals surface area contributed by atoms with Crippen LogP contribution in [-0.2, 0) is 28.6 Å². The number of carbonyl (C=O) groups is 3. The second kappa shape index (κ2) is 42.0. The van der Waals surface area contributed by atoms with E-state index in [0.717, 1.165) is 83.5 Å². The van der Waals surface area contributed by atoms with Gasteiger partial charge in [-0.15, -0.1) is 0 Å². The topological polar surface area (TPSA) is 99.1 Å². The molecule has 0 radical (unpaired) electrons. The minimum atomic E-state index is -0.890. The Morgan fingerprint density at radius 2 is 0.950 bits per heavy atom. The molecule has 0 aromatic carbocycles. The van der Waals surface area contributed by atoms with E-state index >= 15 is 0 Å². The van der Waals surface area contributed by atoms with Crippen LogP contribution in [0.4, 0.5) is 0 Å². The standard InChI is InChI=1S/C52H85NO7/c1-6-8-10-12-14-16-18-20-21-22-23-24-25-26-27-28-29-31-33-35-37-39-41-43-51(55)60-48(46-58-45-44-49(52(56)57)53(3,4)5)47-59-50(54)42-40-38-36-34-32-30-19-17-15-13-11-9-7-2/h8,10,14,16,20-21,23-24,26-27,29-32,35,37,48-49H,6-7,9,11-13,15,17-19,22,25,28,33-34,36,38-47H2,1-5H3/p+1/b10-8+,16-14+,21-20+,24-23+,27-26+,31-29+,32-30+,37-35+. The maximum Gasteiger partial charge on any atom is 0.362 e. The number of hydrogen-bond donors (Lipinski definition) is 1. The molecule has 60 heavy (non-hydrogen) atoms. The van der Waals surface area contributed by atoms with E-state index in [-0.39, 0.29) is 42.7 Å². The number of quaternary nitrogens is 1. The number of carboxylic acid groups (broad SMARTS) is 1. The van der Waals surface area contributed by atoms with Gasteiger partial charge in [-0.25, -0.2) is 4.79 Å². The third kappa shape index (κ3) is 39.7. The molecular weight excluding hydrogens is 751 g/mol. The Kier molecular flexibility index (Phi) is 39.3. The highest BCUT2D eigenvalue weighted by Gasteiger charge is 2.31. The smallest absolute Gasteiger partial charge is 0.362 e. The summed E-state index contributed by atoms with van der Waals surface area (Å²) in [5.74, 6) is -1.58. The number of hydrogen-bond acceptors (Lipinski definition) is 6. The molecule has 0 fully saturated rings. The Hall–Kier alpha value is -3.75. The molecule has 0 bridgehead atoms. The quantitative estimate of drug-likeness (QED) is 0.0284. The average molecular weight is 837 g/mol. The van der Waals surface area contributed by atoms with Crippen molar-refractivity contribution in [3.05, 3.63) is 97.2 Å².